The second-order valence-electron chi connectivity index (χ2n) is 7.73. The Labute approximate surface area is 164 Å². The van der Waals surface area contributed by atoms with Crippen molar-refractivity contribution in [2.24, 2.45) is 5.92 Å². The molecule has 1 saturated carbocycles. The lowest BCUT2D eigenvalue weighted by molar-refractivity contribution is 0.509. The van der Waals surface area contributed by atoms with Crippen LogP contribution in [-0.2, 0) is 12.8 Å². The minimum absolute atomic E-state index is 0.0256. The van der Waals surface area contributed by atoms with Gasteiger partial charge >= 0.3 is 0 Å². The molecule has 2 aliphatic carbocycles. The van der Waals surface area contributed by atoms with Crippen molar-refractivity contribution in [3.8, 4) is 0 Å². The van der Waals surface area contributed by atoms with E-state index in [1.807, 2.05) is 6.92 Å². The number of fused-ring (bicyclic) bond motifs is 3. The summed E-state index contributed by atoms with van der Waals surface area (Å²) in [5.74, 6) is 8.79. The SMILES string of the molecule is C[C@@H]1CCc2c(sc3nc([C@@H](C)Sc4nnc(C5CC5)n4N)[nH]c(=O)c23)C1. The molecule has 1 fully saturated rings. The van der Waals surface area contributed by atoms with Gasteiger partial charge in [-0.15, -0.1) is 21.5 Å². The number of aryl methyl sites for hydroxylation is 1. The number of nitrogens with two attached hydrogens (primary N) is 1. The van der Waals surface area contributed by atoms with E-state index in [1.165, 1.54) is 22.2 Å². The van der Waals surface area contributed by atoms with Crippen LogP contribution < -0.4 is 11.4 Å². The Morgan fingerprint density at radius 1 is 1.33 bits per heavy atom. The molecule has 0 radical (unpaired) electrons. The fourth-order valence-electron chi connectivity index (χ4n) is 3.76. The van der Waals surface area contributed by atoms with Crippen molar-refractivity contribution in [3.05, 3.63) is 32.4 Å². The molecule has 3 heterocycles. The second-order valence-corrected chi connectivity index (χ2v) is 10.1. The third kappa shape index (κ3) is 2.97. The maximum Gasteiger partial charge on any atom is 0.259 e. The molecule has 7 nitrogen and oxygen atoms in total. The van der Waals surface area contributed by atoms with Gasteiger partial charge < -0.3 is 10.8 Å². The summed E-state index contributed by atoms with van der Waals surface area (Å²) in [5, 5.41) is 9.82. The first-order valence-corrected chi connectivity index (χ1v) is 11.1. The average Bonchev–Trinajstić information content (AvgIpc) is 3.31. The predicted octanol–water partition coefficient (Wildman–Crippen LogP) is 3.15. The number of rotatable bonds is 4. The summed E-state index contributed by atoms with van der Waals surface area (Å²) in [4.78, 5) is 22.8. The lowest BCUT2D eigenvalue weighted by atomic mass is 9.89. The largest absolute Gasteiger partial charge is 0.336 e. The lowest BCUT2D eigenvalue weighted by Crippen LogP contribution is -2.16. The summed E-state index contributed by atoms with van der Waals surface area (Å²) in [6.07, 6.45) is 5.42. The zero-order valence-corrected chi connectivity index (χ0v) is 17.0. The van der Waals surface area contributed by atoms with Crippen LogP contribution >= 0.6 is 23.1 Å². The predicted molar refractivity (Wildman–Crippen MR) is 108 cm³/mol. The highest BCUT2D eigenvalue weighted by molar-refractivity contribution is 7.99. The van der Waals surface area contributed by atoms with Crippen LogP contribution in [0.5, 0.6) is 0 Å². The number of aromatic nitrogens is 5. The number of thiophene rings is 1. The molecule has 2 aliphatic rings. The van der Waals surface area contributed by atoms with Crippen LogP contribution in [0.4, 0.5) is 0 Å². The van der Waals surface area contributed by atoms with E-state index in [2.05, 4.69) is 22.1 Å². The summed E-state index contributed by atoms with van der Waals surface area (Å²) >= 11 is 3.15. The summed E-state index contributed by atoms with van der Waals surface area (Å²) < 4.78 is 1.58. The molecule has 9 heteroatoms. The smallest absolute Gasteiger partial charge is 0.259 e. The van der Waals surface area contributed by atoms with E-state index in [0.717, 1.165) is 48.1 Å². The van der Waals surface area contributed by atoms with Crippen LogP contribution in [0.15, 0.2) is 9.95 Å². The lowest BCUT2D eigenvalue weighted by Gasteiger charge is -2.17. The van der Waals surface area contributed by atoms with Gasteiger partial charge in [0.25, 0.3) is 5.56 Å². The number of nitrogen functional groups attached to an aromatic ring is 1. The van der Waals surface area contributed by atoms with Gasteiger partial charge in [-0.1, -0.05) is 18.7 Å². The van der Waals surface area contributed by atoms with E-state index in [4.69, 9.17) is 10.8 Å². The van der Waals surface area contributed by atoms with Crippen LogP contribution in [-0.4, -0.2) is 24.8 Å². The number of H-pyrrole nitrogens is 1. The van der Waals surface area contributed by atoms with Crippen molar-refractivity contribution >= 4 is 33.3 Å². The molecule has 0 unspecified atom stereocenters. The number of nitrogens with one attached hydrogen (secondary N) is 1. The molecule has 0 amide bonds. The van der Waals surface area contributed by atoms with E-state index in [-0.39, 0.29) is 10.8 Å². The maximum absolute atomic E-state index is 12.8. The van der Waals surface area contributed by atoms with Crippen molar-refractivity contribution in [2.45, 2.75) is 62.3 Å². The van der Waals surface area contributed by atoms with E-state index >= 15 is 0 Å². The van der Waals surface area contributed by atoms with E-state index in [0.29, 0.717) is 22.8 Å². The van der Waals surface area contributed by atoms with E-state index in [1.54, 1.807) is 16.0 Å². The van der Waals surface area contributed by atoms with Crippen molar-refractivity contribution in [1.82, 2.24) is 24.8 Å². The van der Waals surface area contributed by atoms with Gasteiger partial charge in [0, 0.05) is 10.8 Å². The third-order valence-electron chi connectivity index (χ3n) is 5.48. The molecule has 0 aromatic carbocycles. The molecule has 3 aromatic rings. The first kappa shape index (κ1) is 17.2. The molecule has 0 saturated heterocycles. The molecular weight excluding hydrogens is 380 g/mol. The topological polar surface area (TPSA) is 102 Å². The average molecular weight is 403 g/mol. The highest BCUT2D eigenvalue weighted by Gasteiger charge is 2.30. The van der Waals surface area contributed by atoms with Crippen LogP contribution in [0, 0.1) is 5.92 Å². The minimum Gasteiger partial charge on any atom is -0.336 e. The number of hydrogen-bond acceptors (Lipinski definition) is 7. The van der Waals surface area contributed by atoms with E-state index in [9.17, 15) is 4.79 Å². The van der Waals surface area contributed by atoms with E-state index < -0.39 is 0 Å². The van der Waals surface area contributed by atoms with Gasteiger partial charge in [-0.25, -0.2) is 9.66 Å². The van der Waals surface area contributed by atoms with Gasteiger partial charge in [0.05, 0.1) is 10.6 Å². The van der Waals surface area contributed by atoms with Crippen molar-refractivity contribution in [1.29, 1.82) is 0 Å². The van der Waals surface area contributed by atoms with Gasteiger partial charge in [-0.2, -0.15) is 0 Å². The van der Waals surface area contributed by atoms with Gasteiger partial charge in [-0.05, 0) is 50.5 Å². The summed E-state index contributed by atoms with van der Waals surface area (Å²) in [6, 6.07) is 0. The number of hydrogen-bond donors (Lipinski definition) is 2. The highest BCUT2D eigenvalue weighted by Crippen LogP contribution is 2.41. The van der Waals surface area contributed by atoms with Gasteiger partial charge in [0.15, 0.2) is 5.82 Å². The Balaban J connectivity index is 1.47. The minimum atomic E-state index is -0.0706. The van der Waals surface area contributed by atoms with Gasteiger partial charge in [0.2, 0.25) is 5.16 Å². The Morgan fingerprint density at radius 2 is 2.15 bits per heavy atom. The second kappa shape index (κ2) is 6.34. The molecular formula is C18H22N6OS2. The maximum atomic E-state index is 12.8. The number of thioether (sulfide) groups is 1. The molecule has 3 aromatic heterocycles. The molecule has 2 atom stereocenters. The fraction of sp³-hybridized carbons (Fsp3) is 0.556. The Kier molecular flexibility index (Phi) is 4.05. The molecule has 3 N–H and O–H groups in total. The third-order valence-corrected chi connectivity index (χ3v) is 7.70. The highest BCUT2D eigenvalue weighted by atomic mass is 32.2. The first-order chi connectivity index (χ1) is 13.0. The summed E-state index contributed by atoms with van der Waals surface area (Å²) in [6.45, 7) is 4.28. The normalized spacial score (nSPS) is 20.7. The molecule has 0 bridgehead atoms. The summed E-state index contributed by atoms with van der Waals surface area (Å²) in [7, 11) is 0. The molecule has 0 spiro atoms. The van der Waals surface area contributed by atoms with Crippen LogP contribution in [0.1, 0.15) is 66.4 Å². The molecule has 27 heavy (non-hydrogen) atoms. The Morgan fingerprint density at radius 3 is 2.93 bits per heavy atom. The Hall–Kier alpha value is -1.87. The van der Waals surface area contributed by atoms with Crippen LogP contribution in [0.3, 0.4) is 0 Å². The number of aromatic amines is 1. The molecule has 142 valence electrons. The first-order valence-electron chi connectivity index (χ1n) is 9.42. The molecule has 5 rings (SSSR count). The monoisotopic (exact) mass is 402 g/mol. The quantitative estimate of drug-likeness (QED) is 0.513. The fourth-order valence-corrected chi connectivity index (χ4v) is 5.99. The van der Waals surface area contributed by atoms with Crippen molar-refractivity contribution in [2.75, 3.05) is 5.84 Å². The molecule has 0 aliphatic heterocycles. The number of nitrogens with zero attached hydrogens (tertiary/aromatic N) is 4. The zero-order chi connectivity index (χ0) is 18.7. The van der Waals surface area contributed by atoms with Gasteiger partial charge in [0.1, 0.15) is 10.7 Å². The zero-order valence-electron chi connectivity index (χ0n) is 15.4. The van der Waals surface area contributed by atoms with Crippen molar-refractivity contribution in [3.63, 3.8) is 0 Å². The summed E-state index contributed by atoms with van der Waals surface area (Å²) in [5.41, 5.74) is 1.19. The van der Waals surface area contributed by atoms with Crippen LogP contribution in [0.2, 0.25) is 0 Å². The van der Waals surface area contributed by atoms with Gasteiger partial charge in [-0.3, -0.25) is 4.79 Å². The van der Waals surface area contributed by atoms with Crippen LogP contribution in [0.25, 0.3) is 10.2 Å². The standard InChI is InChI=1S/C18H22N6OS2/c1-8-3-6-11-12(7-8)27-17-13(11)16(25)20-14(21-17)9(2)26-18-23-22-15(24(18)19)10-4-5-10/h8-10H,3-7,19H2,1-2H3,(H,20,21,25)/t8-,9-/m1/s1. The van der Waals surface area contributed by atoms with Crippen molar-refractivity contribution < 1.29 is 0 Å². The Bertz CT molecular complexity index is 1080.